The van der Waals surface area contributed by atoms with E-state index in [0.29, 0.717) is 5.82 Å². The van der Waals surface area contributed by atoms with Crippen molar-refractivity contribution < 1.29 is 9.59 Å². The van der Waals surface area contributed by atoms with Gasteiger partial charge in [-0.3, -0.25) is 9.59 Å². The fraction of sp³-hybridized carbons (Fsp3) is 0.462. The first-order chi connectivity index (χ1) is 9.49. The molecule has 0 radical (unpaired) electrons. The van der Waals surface area contributed by atoms with Gasteiger partial charge in [0.15, 0.2) is 0 Å². The quantitative estimate of drug-likeness (QED) is 0.742. The molecular formula is C13H19ClN4O2. The first-order valence-corrected chi connectivity index (χ1v) is 6.79. The van der Waals surface area contributed by atoms with E-state index in [2.05, 4.69) is 20.9 Å². The average molecular weight is 299 g/mol. The van der Waals surface area contributed by atoms with Crippen molar-refractivity contribution in [3.8, 4) is 0 Å². The van der Waals surface area contributed by atoms with E-state index in [9.17, 15) is 9.59 Å². The molecule has 1 heterocycles. The maximum Gasteiger partial charge on any atom is 0.253 e. The lowest BCUT2D eigenvalue weighted by molar-refractivity contribution is -0.122. The third-order valence-electron chi connectivity index (χ3n) is 2.64. The smallest absolute Gasteiger partial charge is 0.253 e. The number of nitrogens with one attached hydrogen (secondary N) is 3. The van der Waals surface area contributed by atoms with Crippen LogP contribution in [0.1, 0.15) is 30.6 Å². The normalized spacial score (nSPS) is 11.6. The predicted octanol–water partition coefficient (Wildman–Crippen LogP) is 1.42. The van der Waals surface area contributed by atoms with E-state index >= 15 is 0 Å². The predicted molar refractivity (Wildman–Crippen MR) is 79.0 cm³/mol. The Morgan fingerprint density at radius 2 is 2.15 bits per heavy atom. The van der Waals surface area contributed by atoms with Crippen molar-refractivity contribution in [3.05, 3.63) is 22.8 Å². The van der Waals surface area contributed by atoms with Crippen molar-refractivity contribution in [3.63, 3.8) is 0 Å². The average Bonchev–Trinajstić information content (AvgIpc) is 2.45. The van der Waals surface area contributed by atoms with Gasteiger partial charge in [0, 0.05) is 19.8 Å². The molecule has 1 rings (SSSR count). The summed E-state index contributed by atoms with van der Waals surface area (Å²) >= 11 is 5.97. The van der Waals surface area contributed by atoms with E-state index < -0.39 is 11.9 Å². The number of hydrogen-bond acceptors (Lipinski definition) is 4. The van der Waals surface area contributed by atoms with Crippen LogP contribution in [0.25, 0.3) is 0 Å². The van der Waals surface area contributed by atoms with Crippen LogP contribution in [-0.2, 0) is 4.79 Å². The van der Waals surface area contributed by atoms with Crippen LogP contribution in [0.5, 0.6) is 0 Å². The van der Waals surface area contributed by atoms with Crippen LogP contribution in [0.2, 0.25) is 5.02 Å². The highest BCUT2D eigenvalue weighted by Gasteiger charge is 2.18. The summed E-state index contributed by atoms with van der Waals surface area (Å²) in [5, 5.41) is 8.36. The number of carbonyl (C=O) groups excluding carboxylic acids is 2. The molecule has 2 amide bonds. The summed E-state index contributed by atoms with van der Waals surface area (Å²) in [4.78, 5) is 27.6. The number of amides is 2. The lowest BCUT2D eigenvalue weighted by atomic mass is 10.2. The van der Waals surface area contributed by atoms with Crippen molar-refractivity contribution >= 4 is 29.2 Å². The molecule has 0 aliphatic heterocycles. The van der Waals surface area contributed by atoms with Crippen LogP contribution in [0, 0.1) is 0 Å². The van der Waals surface area contributed by atoms with Crippen LogP contribution in [0.3, 0.4) is 0 Å². The number of aromatic nitrogens is 1. The Hall–Kier alpha value is -1.82. The summed E-state index contributed by atoms with van der Waals surface area (Å²) in [6, 6.07) is 0.938. The molecule has 0 aliphatic carbocycles. The van der Waals surface area contributed by atoms with Gasteiger partial charge in [-0.2, -0.15) is 0 Å². The lowest BCUT2D eigenvalue weighted by Crippen LogP contribution is -2.43. The van der Waals surface area contributed by atoms with Crippen molar-refractivity contribution in [1.29, 1.82) is 0 Å². The number of halogens is 1. The molecule has 6 nitrogen and oxygen atoms in total. The molecule has 0 aliphatic rings. The molecule has 20 heavy (non-hydrogen) atoms. The Morgan fingerprint density at radius 1 is 1.45 bits per heavy atom. The number of rotatable bonds is 6. The van der Waals surface area contributed by atoms with E-state index in [-0.39, 0.29) is 16.5 Å². The van der Waals surface area contributed by atoms with Gasteiger partial charge in [0.05, 0.1) is 10.6 Å². The van der Waals surface area contributed by atoms with Gasteiger partial charge in [0.2, 0.25) is 5.91 Å². The van der Waals surface area contributed by atoms with Crippen LogP contribution in [-0.4, -0.2) is 36.4 Å². The summed E-state index contributed by atoms with van der Waals surface area (Å²) in [6.07, 6.45) is 2.36. The number of hydrogen-bond donors (Lipinski definition) is 3. The molecular weight excluding hydrogens is 280 g/mol. The minimum Gasteiger partial charge on any atom is -0.370 e. The molecule has 1 unspecified atom stereocenters. The topological polar surface area (TPSA) is 83.1 Å². The monoisotopic (exact) mass is 298 g/mol. The fourth-order valence-electron chi connectivity index (χ4n) is 1.52. The second kappa shape index (κ2) is 7.69. The molecule has 0 aromatic carbocycles. The Morgan fingerprint density at radius 3 is 2.75 bits per heavy atom. The number of pyridine rings is 1. The summed E-state index contributed by atoms with van der Waals surface area (Å²) in [6.45, 7) is 4.38. The zero-order valence-corrected chi connectivity index (χ0v) is 12.5. The van der Waals surface area contributed by atoms with Gasteiger partial charge in [-0.05, 0) is 19.4 Å². The van der Waals surface area contributed by atoms with Gasteiger partial charge in [-0.15, -0.1) is 0 Å². The van der Waals surface area contributed by atoms with Crippen LogP contribution >= 0.6 is 11.6 Å². The molecule has 7 heteroatoms. The van der Waals surface area contributed by atoms with Crippen LogP contribution in [0.4, 0.5) is 5.82 Å². The zero-order chi connectivity index (χ0) is 15.1. The summed E-state index contributed by atoms with van der Waals surface area (Å²) in [5.74, 6) is -0.102. The minimum absolute atomic E-state index is 0.244. The highest BCUT2D eigenvalue weighted by atomic mass is 35.5. The Kier molecular flexibility index (Phi) is 6.24. The third kappa shape index (κ3) is 4.38. The first-order valence-electron chi connectivity index (χ1n) is 6.41. The second-order valence-electron chi connectivity index (χ2n) is 4.29. The highest BCUT2D eigenvalue weighted by molar-refractivity contribution is 6.33. The highest BCUT2D eigenvalue weighted by Crippen LogP contribution is 2.18. The minimum atomic E-state index is -0.635. The summed E-state index contributed by atoms with van der Waals surface area (Å²) in [7, 11) is 1.51. The number of anilines is 1. The van der Waals surface area contributed by atoms with Gasteiger partial charge in [0.25, 0.3) is 5.91 Å². The lowest BCUT2D eigenvalue weighted by Gasteiger charge is -2.13. The van der Waals surface area contributed by atoms with Gasteiger partial charge in [0.1, 0.15) is 11.9 Å². The van der Waals surface area contributed by atoms with Crippen LogP contribution < -0.4 is 16.0 Å². The molecule has 0 saturated heterocycles. The van der Waals surface area contributed by atoms with E-state index in [1.807, 2.05) is 6.92 Å². The Labute approximate surface area is 123 Å². The fourth-order valence-corrected chi connectivity index (χ4v) is 1.71. The molecule has 3 N–H and O–H groups in total. The van der Waals surface area contributed by atoms with Crippen LogP contribution in [0.15, 0.2) is 12.3 Å². The largest absolute Gasteiger partial charge is 0.370 e. The maximum absolute atomic E-state index is 12.1. The molecule has 0 fully saturated rings. The second-order valence-corrected chi connectivity index (χ2v) is 4.69. The standard InChI is InChI=1S/C13H19ClN4O2/c1-4-5-16-11-6-9(10(14)7-17-11)13(20)18-8(2)12(19)15-3/h6-8H,4-5H2,1-3H3,(H,15,19)(H,16,17)(H,18,20). The first kappa shape index (κ1) is 16.2. The van der Waals surface area contributed by atoms with Gasteiger partial charge in [-0.25, -0.2) is 4.98 Å². The molecule has 1 atom stereocenters. The summed E-state index contributed by atoms with van der Waals surface area (Å²) < 4.78 is 0. The van der Waals surface area contributed by atoms with Crippen molar-refractivity contribution in [1.82, 2.24) is 15.6 Å². The molecule has 0 spiro atoms. The van der Waals surface area contributed by atoms with E-state index in [4.69, 9.17) is 11.6 Å². The Balaban J connectivity index is 2.83. The molecule has 1 aromatic heterocycles. The maximum atomic E-state index is 12.1. The van der Waals surface area contributed by atoms with E-state index in [0.717, 1.165) is 13.0 Å². The number of likely N-dealkylation sites (N-methyl/N-ethyl adjacent to an activating group) is 1. The molecule has 0 bridgehead atoms. The third-order valence-corrected chi connectivity index (χ3v) is 2.94. The van der Waals surface area contributed by atoms with Gasteiger partial charge >= 0.3 is 0 Å². The van der Waals surface area contributed by atoms with Crippen molar-refractivity contribution in [2.45, 2.75) is 26.3 Å². The van der Waals surface area contributed by atoms with Gasteiger partial charge in [-0.1, -0.05) is 18.5 Å². The van der Waals surface area contributed by atoms with E-state index in [1.54, 1.807) is 13.0 Å². The number of nitrogens with zero attached hydrogens (tertiary/aromatic N) is 1. The molecule has 0 saturated carbocycles. The zero-order valence-electron chi connectivity index (χ0n) is 11.8. The van der Waals surface area contributed by atoms with E-state index in [1.165, 1.54) is 13.2 Å². The Bertz CT molecular complexity index is 493. The van der Waals surface area contributed by atoms with Crippen molar-refractivity contribution in [2.75, 3.05) is 18.9 Å². The molecule has 1 aromatic rings. The molecule has 110 valence electrons. The summed E-state index contributed by atoms with van der Waals surface area (Å²) in [5.41, 5.74) is 0.288. The van der Waals surface area contributed by atoms with Crippen molar-refractivity contribution in [2.24, 2.45) is 0 Å². The SMILES string of the molecule is CCCNc1cc(C(=O)NC(C)C(=O)NC)c(Cl)cn1. The number of carbonyl (C=O) groups is 2. The van der Waals surface area contributed by atoms with Gasteiger partial charge < -0.3 is 16.0 Å².